The second-order valence-corrected chi connectivity index (χ2v) is 5.77. The number of rotatable bonds is 4. The first-order valence-electron chi connectivity index (χ1n) is 7.82. The maximum atomic E-state index is 13.6. The molecule has 0 atom stereocenters. The van der Waals surface area contributed by atoms with Gasteiger partial charge in [-0.2, -0.15) is 10.2 Å². The van der Waals surface area contributed by atoms with Crippen molar-refractivity contribution in [2.24, 2.45) is 10.2 Å². The van der Waals surface area contributed by atoms with Crippen molar-refractivity contribution in [1.82, 2.24) is 0 Å². The average Bonchev–Trinajstić information content (AvgIpc) is 2.60. The molecule has 3 aromatic carbocycles. The van der Waals surface area contributed by atoms with Gasteiger partial charge in [-0.25, -0.2) is 8.78 Å². The van der Waals surface area contributed by atoms with E-state index in [1.165, 1.54) is 12.1 Å². The van der Waals surface area contributed by atoms with Gasteiger partial charge in [0.2, 0.25) is 0 Å². The molecule has 3 rings (SSSR count). The lowest BCUT2D eigenvalue weighted by Gasteiger charge is -2.07. The number of benzene rings is 3. The first-order valence-corrected chi connectivity index (χ1v) is 7.82. The van der Waals surface area contributed by atoms with Crippen LogP contribution < -0.4 is 5.32 Å². The summed E-state index contributed by atoms with van der Waals surface area (Å²) in [7, 11) is 0. The molecule has 0 unspecified atom stereocenters. The fraction of sp³-hybridized carbons (Fsp3) is 0.100. The van der Waals surface area contributed by atoms with Crippen LogP contribution in [0.5, 0.6) is 0 Å². The molecule has 0 heterocycles. The molecule has 126 valence electrons. The molecule has 0 aliphatic rings. The Bertz CT molecular complexity index is 919. The normalized spacial score (nSPS) is 11.0. The maximum absolute atomic E-state index is 13.6. The fourth-order valence-electron chi connectivity index (χ4n) is 2.21. The smallest absolute Gasteiger partial charge is 0.128 e. The molecule has 0 saturated heterocycles. The first-order chi connectivity index (χ1) is 12.0. The Morgan fingerprint density at radius 3 is 1.80 bits per heavy atom. The summed E-state index contributed by atoms with van der Waals surface area (Å²) < 4.78 is 27.0. The number of hydrogen-bond donors (Lipinski definition) is 1. The van der Waals surface area contributed by atoms with Gasteiger partial charge in [0.15, 0.2) is 0 Å². The molecule has 5 heteroatoms. The van der Waals surface area contributed by atoms with Crippen LogP contribution in [0, 0.1) is 25.5 Å². The van der Waals surface area contributed by atoms with Crippen LogP contribution >= 0.6 is 0 Å². The highest BCUT2D eigenvalue weighted by Crippen LogP contribution is 2.24. The fourth-order valence-corrected chi connectivity index (χ4v) is 2.21. The molecule has 0 amide bonds. The summed E-state index contributed by atoms with van der Waals surface area (Å²) in [6.07, 6.45) is 0. The Labute approximate surface area is 145 Å². The van der Waals surface area contributed by atoms with E-state index in [1.807, 2.05) is 18.2 Å². The second-order valence-electron chi connectivity index (χ2n) is 5.77. The molecule has 25 heavy (non-hydrogen) atoms. The van der Waals surface area contributed by atoms with Crippen LogP contribution in [0.25, 0.3) is 0 Å². The van der Waals surface area contributed by atoms with E-state index >= 15 is 0 Å². The van der Waals surface area contributed by atoms with E-state index in [0.29, 0.717) is 28.2 Å². The van der Waals surface area contributed by atoms with Crippen molar-refractivity contribution >= 4 is 22.7 Å². The SMILES string of the molecule is Cc1ccc(/N=N\c2ccc(Nc3ccc(C)c(F)c3)cc2)cc1F. The zero-order chi connectivity index (χ0) is 17.8. The zero-order valence-electron chi connectivity index (χ0n) is 13.9. The minimum atomic E-state index is -0.304. The highest BCUT2D eigenvalue weighted by atomic mass is 19.1. The van der Waals surface area contributed by atoms with Gasteiger partial charge in [0.25, 0.3) is 0 Å². The van der Waals surface area contributed by atoms with E-state index in [0.717, 1.165) is 5.69 Å². The van der Waals surface area contributed by atoms with Crippen molar-refractivity contribution in [2.75, 3.05) is 5.32 Å². The van der Waals surface area contributed by atoms with Crippen molar-refractivity contribution in [1.29, 1.82) is 0 Å². The summed E-state index contributed by atoms with van der Waals surface area (Å²) in [4.78, 5) is 0. The van der Waals surface area contributed by atoms with E-state index in [4.69, 9.17) is 0 Å². The molecule has 0 saturated carbocycles. The summed E-state index contributed by atoms with van der Waals surface area (Å²) in [5.41, 5.74) is 3.76. The molecule has 3 nitrogen and oxygen atoms in total. The number of halogens is 2. The van der Waals surface area contributed by atoms with Crippen LogP contribution in [0.1, 0.15) is 11.1 Å². The second kappa shape index (κ2) is 7.21. The molecule has 1 N–H and O–H groups in total. The molecule has 0 aliphatic carbocycles. The Kier molecular flexibility index (Phi) is 4.84. The summed E-state index contributed by atoms with van der Waals surface area (Å²) in [6, 6.07) is 16.9. The van der Waals surface area contributed by atoms with Crippen molar-refractivity contribution in [3.63, 3.8) is 0 Å². The number of hydrogen-bond acceptors (Lipinski definition) is 3. The highest BCUT2D eigenvalue weighted by molar-refractivity contribution is 5.62. The minimum absolute atomic E-state index is 0.249. The van der Waals surface area contributed by atoms with E-state index in [2.05, 4.69) is 15.5 Å². The lowest BCUT2D eigenvalue weighted by molar-refractivity contribution is 0.618. The first kappa shape index (κ1) is 16.8. The molecular formula is C20H17F2N3. The zero-order valence-corrected chi connectivity index (χ0v) is 13.9. The number of anilines is 2. The van der Waals surface area contributed by atoms with Gasteiger partial charge >= 0.3 is 0 Å². The van der Waals surface area contributed by atoms with E-state index in [-0.39, 0.29) is 11.6 Å². The topological polar surface area (TPSA) is 36.8 Å². The Hall–Kier alpha value is -3.08. The van der Waals surface area contributed by atoms with Crippen LogP contribution in [0.4, 0.5) is 31.5 Å². The number of nitrogens with one attached hydrogen (secondary N) is 1. The predicted molar refractivity (Wildman–Crippen MR) is 96.2 cm³/mol. The standard InChI is InChI=1S/C20H17F2N3/c1-13-3-5-17(11-19(13)21)23-15-7-9-16(10-8-15)24-25-18-6-4-14(2)20(22)12-18/h3-12,23H,1-2H3/b25-24-. The van der Waals surface area contributed by atoms with Gasteiger partial charge < -0.3 is 5.32 Å². The predicted octanol–water partition coefficient (Wildman–Crippen LogP) is 6.74. The monoisotopic (exact) mass is 337 g/mol. The molecule has 0 radical (unpaired) electrons. The molecule has 0 bridgehead atoms. The lowest BCUT2D eigenvalue weighted by atomic mass is 10.2. The van der Waals surface area contributed by atoms with E-state index in [1.54, 1.807) is 44.2 Å². The summed E-state index contributed by atoms with van der Waals surface area (Å²) >= 11 is 0. The van der Waals surface area contributed by atoms with Gasteiger partial charge in [-0.3, -0.25) is 0 Å². The van der Waals surface area contributed by atoms with Crippen LogP contribution in [0.15, 0.2) is 70.9 Å². The summed E-state index contributed by atoms with van der Waals surface area (Å²) in [6.45, 7) is 3.42. The van der Waals surface area contributed by atoms with Gasteiger partial charge in [-0.05, 0) is 67.4 Å². The van der Waals surface area contributed by atoms with Crippen LogP contribution in [-0.4, -0.2) is 0 Å². The highest BCUT2D eigenvalue weighted by Gasteiger charge is 2.01. The van der Waals surface area contributed by atoms with E-state index in [9.17, 15) is 8.78 Å². The maximum Gasteiger partial charge on any atom is 0.128 e. The minimum Gasteiger partial charge on any atom is -0.355 e. The molecule has 0 spiro atoms. The molecular weight excluding hydrogens is 320 g/mol. The van der Waals surface area contributed by atoms with Crippen molar-refractivity contribution in [3.8, 4) is 0 Å². The number of nitrogens with zero attached hydrogens (tertiary/aromatic N) is 2. The number of aryl methyl sites for hydroxylation is 2. The Morgan fingerprint density at radius 2 is 1.16 bits per heavy atom. The molecule has 0 fully saturated rings. The average molecular weight is 337 g/mol. The van der Waals surface area contributed by atoms with E-state index < -0.39 is 0 Å². The quantitative estimate of drug-likeness (QED) is 0.526. The molecule has 0 aromatic heterocycles. The molecule has 0 aliphatic heterocycles. The van der Waals surface area contributed by atoms with Gasteiger partial charge in [0.05, 0.1) is 11.4 Å². The van der Waals surface area contributed by atoms with Crippen LogP contribution in [0.3, 0.4) is 0 Å². The third-order valence-corrected chi connectivity index (χ3v) is 3.76. The van der Waals surface area contributed by atoms with Gasteiger partial charge in [-0.1, -0.05) is 12.1 Å². The summed E-state index contributed by atoms with van der Waals surface area (Å²) in [5.74, 6) is -0.554. The van der Waals surface area contributed by atoms with Crippen molar-refractivity contribution in [2.45, 2.75) is 13.8 Å². The van der Waals surface area contributed by atoms with Gasteiger partial charge in [0.1, 0.15) is 11.6 Å². The van der Waals surface area contributed by atoms with Crippen molar-refractivity contribution in [3.05, 3.63) is 83.4 Å². The van der Waals surface area contributed by atoms with Gasteiger partial charge in [0, 0.05) is 17.4 Å². The third-order valence-electron chi connectivity index (χ3n) is 3.76. The van der Waals surface area contributed by atoms with Crippen LogP contribution in [-0.2, 0) is 0 Å². The molecule has 3 aromatic rings. The van der Waals surface area contributed by atoms with Crippen LogP contribution in [0.2, 0.25) is 0 Å². The largest absolute Gasteiger partial charge is 0.355 e. The van der Waals surface area contributed by atoms with Gasteiger partial charge in [-0.15, -0.1) is 0 Å². The lowest BCUT2D eigenvalue weighted by Crippen LogP contribution is -1.91. The Morgan fingerprint density at radius 1 is 0.640 bits per heavy atom. The summed E-state index contributed by atoms with van der Waals surface area (Å²) in [5, 5.41) is 11.2. The third kappa shape index (κ3) is 4.26. The Balaban J connectivity index is 1.70. The number of azo groups is 1. The van der Waals surface area contributed by atoms with Crippen molar-refractivity contribution < 1.29 is 8.78 Å².